The molecule has 0 radical (unpaired) electrons. The topological polar surface area (TPSA) is 34.1 Å². The van der Waals surface area contributed by atoms with Gasteiger partial charge in [0.25, 0.3) is 0 Å². The normalized spacial score (nSPS) is 25.2. The summed E-state index contributed by atoms with van der Waals surface area (Å²) in [6, 6.07) is 8.54. The number of hydrogen-bond donors (Lipinski definition) is 0. The Morgan fingerprint density at radius 2 is 1.70 bits per heavy atom. The summed E-state index contributed by atoms with van der Waals surface area (Å²) in [4.78, 5) is 6.70. The third kappa shape index (κ3) is 3.30. The van der Waals surface area contributed by atoms with E-state index in [9.17, 15) is 0 Å². The fraction of sp³-hybridized carbons (Fsp3) is 0.588. The predicted octanol–water partition coefficient (Wildman–Crippen LogP) is 2.57. The Bertz CT molecular complexity index is 585. The molecular weight excluding hydrogens is 307 g/mol. The van der Waals surface area contributed by atoms with Crippen LogP contribution in [0.15, 0.2) is 29.3 Å². The molecular formula is C17H25BN2O2S. The minimum atomic E-state index is -0.299. The van der Waals surface area contributed by atoms with Crippen LogP contribution in [0.2, 0.25) is 0 Å². The number of rotatable bonds is 2. The van der Waals surface area contributed by atoms with Crippen molar-refractivity contribution in [3.63, 3.8) is 0 Å². The highest BCUT2D eigenvalue weighted by molar-refractivity contribution is 8.14. The second-order valence-corrected chi connectivity index (χ2v) is 8.24. The standard InChI is InChI=1S/C17H25BN2O2S/c1-16(2)17(3,4)22-18(21-16)13-6-8-14(9-7-13)20-10-11-23-15(12-20)19-5/h6-9H,10-12H2,1-5H3/b19-15+. The van der Waals surface area contributed by atoms with E-state index in [4.69, 9.17) is 9.31 Å². The summed E-state index contributed by atoms with van der Waals surface area (Å²) in [6.07, 6.45) is 0. The van der Waals surface area contributed by atoms with Gasteiger partial charge in [-0.25, -0.2) is 0 Å². The number of nitrogens with zero attached hydrogens (tertiary/aromatic N) is 2. The number of benzene rings is 1. The molecule has 0 N–H and O–H groups in total. The first kappa shape index (κ1) is 16.9. The van der Waals surface area contributed by atoms with Crippen LogP contribution < -0.4 is 10.4 Å². The summed E-state index contributed by atoms with van der Waals surface area (Å²) >= 11 is 1.85. The molecule has 2 aliphatic rings. The third-order valence-corrected chi connectivity index (χ3v) is 6.02. The maximum atomic E-state index is 6.11. The SMILES string of the molecule is C/N=C1\CN(c2ccc(B3OC(C)(C)C(C)(C)O3)cc2)CCS1. The molecule has 124 valence electrons. The zero-order chi connectivity index (χ0) is 16.7. The largest absolute Gasteiger partial charge is 0.494 e. The second kappa shape index (κ2) is 6.15. The zero-order valence-corrected chi connectivity index (χ0v) is 15.4. The maximum absolute atomic E-state index is 6.11. The van der Waals surface area contributed by atoms with E-state index in [-0.39, 0.29) is 18.3 Å². The lowest BCUT2D eigenvalue weighted by Crippen LogP contribution is -2.41. The van der Waals surface area contributed by atoms with Gasteiger partial charge in [-0.15, -0.1) is 11.8 Å². The summed E-state index contributed by atoms with van der Waals surface area (Å²) < 4.78 is 12.2. The minimum absolute atomic E-state index is 0.293. The molecule has 3 rings (SSSR count). The summed E-state index contributed by atoms with van der Waals surface area (Å²) in [5.41, 5.74) is 1.70. The van der Waals surface area contributed by atoms with Gasteiger partial charge in [0.15, 0.2) is 0 Å². The van der Waals surface area contributed by atoms with E-state index in [0.717, 1.165) is 24.3 Å². The van der Waals surface area contributed by atoms with Crippen molar-refractivity contribution in [1.82, 2.24) is 0 Å². The zero-order valence-electron chi connectivity index (χ0n) is 14.6. The molecule has 0 amide bonds. The second-order valence-electron chi connectivity index (χ2n) is 7.07. The molecule has 0 aliphatic carbocycles. The number of thioether (sulfide) groups is 1. The van der Waals surface area contributed by atoms with Gasteiger partial charge in [-0.05, 0) is 45.3 Å². The highest BCUT2D eigenvalue weighted by Crippen LogP contribution is 2.36. The van der Waals surface area contributed by atoms with Gasteiger partial charge >= 0.3 is 7.12 Å². The van der Waals surface area contributed by atoms with Gasteiger partial charge in [0.1, 0.15) is 0 Å². The van der Waals surface area contributed by atoms with Crippen molar-refractivity contribution in [2.24, 2.45) is 4.99 Å². The third-order valence-electron chi connectivity index (χ3n) is 4.99. The Labute approximate surface area is 143 Å². The molecule has 1 aromatic carbocycles. The van der Waals surface area contributed by atoms with Crippen molar-refractivity contribution >= 4 is 35.1 Å². The Balaban J connectivity index is 1.73. The molecule has 6 heteroatoms. The molecule has 0 unspecified atom stereocenters. The van der Waals surface area contributed by atoms with Crippen molar-refractivity contribution < 1.29 is 9.31 Å². The van der Waals surface area contributed by atoms with Gasteiger partial charge in [-0.2, -0.15) is 0 Å². The molecule has 0 bridgehead atoms. The smallest absolute Gasteiger partial charge is 0.399 e. The van der Waals surface area contributed by atoms with Crippen molar-refractivity contribution in [3.8, 4) is 0 Å². The number of anilines is 1. The predicted molar refractivity (Wildman–Crippen MR) is 100 cm³/mol. The van der Waals surface area contributed by atoms with E-state index in [1.165, 1.54) is 10.7 Å². The van der Waals surface area contributed by atoms with E-state index >= 15 is 0 Å². The van der Waals surface area contributed by atoms with E-state index in [1.807, 2.05) is 18.8 Å². The molecule has 2 heterocycles. The van der Waals surface area contributed by atoms with Crippen molar-refractivity contribution in [3.05, 3.63) is 24.3 Å². The van der Waals surface area contributed by atoms with Crippen molar-refractivity contribution in [2.45, 2.75) is 38.9 Å². The average Bonchev–Trinajstić information content (AvgIpc) is 2.76. The van der Waals surface area contributed by atoms with Gasteiger partial charge in [0.05, 0.1) is 22.8 Å². The lowest BCUT2D eigenvalue weighted by Gasteiger charge is -2.32. The molecule has 2 fully saturated rings. The van der Waals surface area contributed by atoms with Crippen molar-refractivity contribution in [2.75, 3.05) is 30.8 Å². The quantitative estimate of drug-likeness (QED) is 0.780. The van der Waals surface area contributed by atoms with E-state index in [1.54, 1.807) is 0 Å². The van der Waals surface area contributed by atoms with Crippen LogP contribution in [0.25, 0.3) is 0 Å². The van der Waals surface area contributed by atoms with Gasteiger partial charge in [-0.3, -0.25) is 4.99 Å². The molecule has 23 heavy (non-hydrogen) atoms. The highest BCUT2D eigenvalue weighted by Gasteiger charge is 2.51. The first-order valence-corrected chi connectivity index (χ1v) is 9.10. The molecule has 0 atom stereocenters. The van der Waals surface area contributed by atoms with Gasteiger partial charge in [0.2, 0.25) is 0 Å². The maximum Gasteiger partial charge on any atom is 0.494 e. The van der Waals surface area contributed by atoms with Gasteiger partial charge in [-0.1, -0.05) is 12.1 Å². The molecule has 0 saturated carbocycles. The molecule has 4 nitrogen and oxygen atoms in total. The Hall–Kier alpha value is -0.975. The van der Waals surface area contributed by atoms with Crippen LogP contribution in [0.3, 0.4) is 0 Å². The average molecular weight is 332 g/mol. The van der Waals surface area contributed by atoms with Crippen LogP contribution in [0.5, 0.6) is 0 Å². The first-order valence-electron chi connectivity index (χ1n) is 8.11. The van der Waals surface area contributed by atoms with Crippen LogP contribution in [0.1, 0.15) is 27.7 Å². The monoisotopic (exact) mass is 332 g/mol. The molecule has 0 spiro atoms. The molecule has 2 saturated heterocycles. The minimum Gasteiger partial charge on any atom is -0.399 e. The van der Waals surface area contributed by atoms with Crippen LogP contribution in [0.4, 0.5) is 5.69 Å². The van der Waals surface area contributed by atoms with Gasteiger partial charge in [0, 0.05) is 25.0 Å². The van der Waals surface area contributed by atoms with Crippen LogP contribution in [0, 0.1) is 0 Å². The summed E-state index contributed by atoms with van der Waals surface area (Å²) in [6.45, 7) is 10.3. The van der Waals surface area contributed by atoms with Crippen LogP contribution in [-0.4, -0.2) is 49.3 Å². The summed E-state index contributed by atoms with van der Waals surface area (Å²) in [7, 11) is 1.58. The number of aliphatic imine (C=N–C) groups is 1. The highest BCUT2D eigenvalue weighted by atomic mass is 32.2. The first-order chi connectivity index (χ1) is 10.8. The summed E-state index contributed by atoms with van der Waals surface area (Å²) in [5, 5.41) is 1.20. The Morgan fingerprint density at radius 3 is 2.26 bits per heavy atom. The molecule has 1 aromatic rings. The summed E-state index contributed by atoms with van der Waals surface area (Å²) in [5.74, 6) is 1.09. The molecule has 0 aromatic heterocycles. The van der Waals surface area contributed by atoms with Crippen molar-refractivity contribution in [1.29, 1.82) is 0 Å². The fourth-order valence-electron chi connectivity index (χ4n) is 2.74. The lowest BCUT2D eigenvalue weighted by molar-refractivity contribution is 0.00578. The van der Waals surface area contributed by atoms with Crippen LogP contribution >= 0.6 is 11.8 Å². The van der Waals surface area contributed by atoms with Gasteiger partial charge < -0.3 is 14.2 Å². The Kier molecular flexibility index (Phi) is 4.51. The molecule has 2 aliphatic heterocycles. The van der Waals surface area contributed by atoms with E-state index < -0.39 is 0 Å². The fourth-order valence-corrected chi connectivity index (χ4v) is 3.66. The van der Waals surface area contributed by atoms with E-state index in [0.29, 0.717) is 0 Å². The van der Waals surface area contributed by atoms with Crippen LogP contribution in [-0.2, 0) is 9.31 Å². The number of hydrogen-bond acceptors (Lipinski definition) is 5. The lowest BCUT2D eigenvalue weighted by atomic mass is 9.79. The van der Waals surface area contributed by atoms with E-state index in [2.05, 4.69) is 61.9 Å². The Morgan fingerprint density at radius 1 is 1.09 bits per heavy atom.